The lowest BCUT2D eigenvalue weighted by Gasteiger charge is -2.13. The van der Waals surface area contributed by atoms with E-state index in [0.717, 1.165) is 28.4 Å². The molecule has 0 aliphatic heterocycles. The minimum Gasteiger partial charge on any atom is -0.330 e. The first kappa shape index (κ1) is 11.7. The Morgan fingerprint density at radius 1 is 1.00 bits per heavy atom. The number of carbonyl (C=O) groups is 1. The van der Waals surface area contributed by atoms with Crippen molar-refractivity contribution in [3.8, 4) is 11.3 Å². The van der Waals surface area contributed by atoms with E-state index in [4.69, 9.17) is 0 Å². The van der Waals surface area contributed by atoms with Gasteiger partial charge in [-0.3, -0.25) is 0 Å². The van der Waals surface area contributed by atoms with Crippen LogP contribution in [0.1, 0.15) is 13.0 Å². The molecule has 0 bridgehead atoms. The van der Waals surface area contributed by atoms with Crippen LogP contribution in [0.2, 0.25) is 0 Å². The fourth-order valence-electron chi connectivity index (χ4n) is 2.51. The van der Waals surface area contributed by atoms with Gasteiger partial charge in [-0.15, -0.1) is 0 Å². The van der Waals surface area contributed by atoms with Gasteiger partial charge in [-0.1, -0.05) is 48.5 Å². The zero-order chi connectivity index (χ0) is 13.2. The maximum Gasteiger partial charge on any atom is 0.142 e. The third-order valence-electron chi connectivity index (χ3n) is 3.42. The fourth-order valence-corrected chi connectivity index (χ4v) is 2.51. The number of fused-ring (bicyclic) bond motifs is 1. The van der Waals surface area contributed by atoms with Crippen molar-refractivity contribution in [2.75, 3.05) is 0 Å². The molecular weight excluding hydrogens is 234 g/mol. The van der Waals surface area contributed by atoms with Gasteiger partial charge >= 0.3 is 0 Å². The van der Waals surface area contributed by atoms with E-state index in [-0.39, 0.29) is 6.04 Å². The predicted octanol–water partition coefficient (Wildman–Crippen LogP) is 4.07. The fraction of sp³-hybridized carbons (Fsp3) is 0.118. The Balaban J connectivity index is 2.32. The number of aromatic nitrogens is 1. The van der Waals surface area contributed by atoms with E-state index in [0.29, 0.717) is 0 Å². The highest BCUT2D eigenvalue weighted by molar-refractivity contribution is 5.88. The molecule has 0 fully saturated rings. The molecule has 1 atom stereocenters. The summed E-state index contributed by atoms with van der Waals surface area (Å²) in [6, 6.07) is 20.3. The van der Waals surface area contributed by atoms with Crippen LogP contribution in [0, 0.1) is 0 Å². The van der Waals surface area contributed by atoms with Gasteiger partial charge in [0.05, 0.1) is 6.04 Å². The molecule has 2 heteroatoms. The highest BCUT2D eigenvalue weighted by Gasteiger charge is 2.14. The van der Waals surface area contributed by atoms with Gasteiger partial charge < -0.3 is 9.36 Å². The molecule has 1 heterocycles. The Morgan fingerprint density at radius 2 is 1.68 bits per heavy atom. The third kappa shape index (κ3) is 1.95. The van der Waals surface area contributed by atoms with Crippen LogP contribution >= 0.6 is 0 Å². The van der Waals surface area contributed by atoms with Crippen LogP contribution in [0.25, 0.3) is 22.2 Å². The molecule has 3 aromatic rings. The van der Waals surface area contributed by atoms with Crippen molar-refractivity contribution < 1.29 is 4.79 Å². The quantitative estimate of drug-likeness (QED) is 0.641. The van der Waals surface area contributed by atoms with Crippen molar-refractivity contribution in [3.63, 3.8) is 0 Å². The molecular formula is C17H15NO. The summed E-state index contributed by atoms with van der Waals surface area (Å²) in [4.78, 5) is 11.2. The highest BCUT2D eigenvalue weighted by Crippen LogP contribution is 2.30. The molecule has 94 valence electrons. The Bertz CT molecular complexity index is 712. The van der Waals surface area contributed by atoms with Crippen molar-refractivity contribution in [1.82, 2.24) is 4.57 Å². The molecule has 0 aliphatic carbocycles. The lowest BCUT2D eigenvalue weighted by molar-refractivity contribution is -0.110. The molecule has 3 rings (SSSR count). The molecule has 2 nitrogen and oxygen atoms in total. The molecule has 0 aliphatic rings. The summed E-state index contributed by atoms with van der Waals surface area (Å²) in [5.74, 6) is 0. The van der Waals surface area contributed by atoms with Gasteiger partial charge in [-0.2, -0.15) is 0 Å². The maximum absolute atomic E-state index is 11.2. The van der Waals surface area contributed by atoms with Crippen LogP contribution in [0.4, 0.5) is 0 Å². The normalized spacial score (nSPS) is 12.5. The van der Waals surface area contributed by atoms with E-state index in [2.05, 4.69) is 34.9 Å². The molecule has 19 heavy (non-hydrogen) atoms. The first-order chi connectivity index (χ1) is 9.31. The summed E-state index contributed by atoms with van der Waals surface area (Å²) in [5, 5.41) is 1.16. The molecule has 0 amide bonds. The summed E-state index contributed by atoms with van der Waals surface area (Å²) < 4.78 is 2.09. The van der Waals surface area contributed by atoms with Crippen molar-refractivity contribution in [1.29, 1.82) is 0 Å². The van der Waals surface area contributed by atoms with Crippen LogP contribution in [-0.2, 0) is 4.79 Å². The standard InChI is InChI=1S/C17H15NO/c1-13(12-19)18-16-10-6-5-9-15(16)11-17(18)14-7-3-2-4-8-14/h2-13H,1H3. The average molecular weight is 249 g/mol. The van der Waals surface area contributed by atoms with Gasteiger partial charge in [0.15, 0.2) is 0 Å². The number of hydrogen-bond donors (Lipinski definition) is 0. The first-order valence-electron chi connectivity index (χ1n) is 6.42. The largest absolute Gasteiger partial charge is 0.330 e. The van der Waals surface area contributed by atoms with E-state index in [1.165, 1.54) is 0 Å². The zero-order valence-corrected chi connectivity index (χ0v) is 10.8. The predicted molar refractivity (Wildman–Crippen MR) is 78.1 cm³/mol. The second kappa shape index (κ2) is 4.73. The summed E-state index contributed by atoms with van der Waals surface area (Å²) in [6.07, 6.45) is 0.985. The molecule has 0 radical (unpaired) electrons. The highest BCUT2D eigenvalue weighted by atomic mass is 16.1. The smallest absolute Gasteiger partial charge is 0.142 e. The maximum atomic E-state index is 11.2. The second-order valence-corrected chi connectivity index (χ2v) is 4.70. The van der Waals surface area contributed by atoms with E-state index in [9.17, 15) is 4.79 Å². The van der Waals surface area contributed by atoms with Gasteiger partial charge in [0.2, 0.25) is 0 Å². The van der Waals surface area contributed by atoms with Gasteiger partial charge in [-0.05, 0) is 24.6 Å². The van der Waals surface area contributed by atoms with E-state index >= 15 is 0 Å². The van der Waals surface area contributed by atoms with Gasteiger partial charge in [0.1, 0.15) is 6.29 Å². The van der Waals surface area contributed by atoms with E-state index in [1.807, 2.05) is 37.3 Å². The molecule has 1 aromatic heterocycles. The molecule has 2 aromatic carbocycles. The number of para-hydroxylation sites is 1. The molecule has 0 saturated heterocycles. The zero-order valence-electron chi connectivity index (χ0n) is 10.8. The number of nitrogens with zero attached hydrogens (tertiary/aromatic N) is 1. The Labute approximate surface area is 112 Å². The van der Waals surface area contributed by atoms with Crippen LogP contribution in [0.5, 0.6) is 0 Å². The van der Waals surface area contributed by atoms with E-state index in [1.54, 1.807) is 0 Å². The molecule has 0 spiro atoms. The van der Waals surface area contributed by atoms with Crippen molar-refractivity contribution in [2.24, 2.45) is 0 Å². The first-order valence-corrected chi connectivity index (χ1v) is 6.42. The van der Waals surface area contributed by atoms with Gasteiger partial charge in [-0.25, -0.2) is 0 Å². The summed E-state index contributed by atoms with van der Waals surface area (Å²) in [7, 11) is 0. The van der Waals surface area contributed by atoms with Crippen molar-refractivity contribution in [3.05, 3.63) is 60.7 Å². The minimum atomic E-state index is -0.171. The van der Waals surface area contributed by atoms with Crippen LogP contribution in [-0.4, -0.2) is 10.9 Å². The lowest BCUT2D eigenvalue weighted by atomic mass is 10.1. The van der Waals surface area contributed by atoms with Crippen molar-refractivity contribution >= 4 is 17.2 Å². The van der Waals surface area contributed by atoms with Crippen LogP contribution in [0.15, 0.2) is 60.7 Å². The van der Waals surface area contributed by atoms with Crippen LogP contribution < -0.4 is 0 Å². The third-order valence-corrected chi connectivity index (χ3v) is 3.42. The molecule has 0 saturated carbocycles. The topological polar surface area (TPSA) is 22.0 Å². The van der Waals surface area contributed by atoms with Crippen molar-refractivity contribution in [2.45, 2.75) is 13.0 Å². The van der Waals surface area contributed by atoms with Gasteiger partial charge in [0.25, 0.3) is 0 Å². The SMILES string of the molecule is CC(C=O)n1c(-c2ccccc2)cc2ccccc21. The Kier molecular flexibility index (Phi) is 2.92. The number of benzene rings is 2. The van der Waals surface area contributed by atoms with Crippen LogP contribution in [0.3, 0.4) is 0 Å². The summed E-state index contributed by atoms with van der Waals surface area (Å²) >= 11 is 0. The summed E-state index contributed by atoms with van der Waals surface area (Å²) in [5.41, 5.74) is 3.31. The number of aldehydes is 1. The second-order valence-electron chi connectivity index (χ2n) is 4.70. The molecule has 1 unspecified atom stereocenters. The molecule has 0 N–H and O–H groups in total. The average Bonchev–Trinajstić information content (AvgIpc) is 2.87. The Hall–Kier alpha value is -2.35. The monoisotopic (exact) mass is 249 g/mol. The number of carbonyl (C=O) groups excluding carboxylic acids is 1. The van der Waals surface area contributed by atoms with Gasteiger partial charge in [0, 0.05) is 16.6 Å². The number of rotatable bonds is 3. The lowest BCUT2D eigenvalue weighted by Crippen LogP contribution is -2.07. The number of hydrogen-bond acceptors (Lipinski definition) is 1. The summed E-state index contributed by atoms with van der Waals surface area (Å²) in [6.45, 7) is 1.92. The Morgan fingerprint density at radius 3 is 2.42 bits per heavy atom. The minimum absolute atomic E-state index is 0.171. The van der Waals surface area contributed by atoms with E-state index < -0.39 is 0 Å².